The maximum Gasteiger partial charge on any atom is 0.326 e. The minimum atomic E-state index is -1.16. The van der Waals surface area contributed by atoms with Gasteiger partial charge in [-0.2, -0.15) is 0 Å². The fourth-order valence-corrected chi connectivity index (χ4v) is 4.91. The molecule has 9 heteroatoms. The number of nitrogens with two attached hydrogens (primary N) is 1. The molecule has 240 valence electrons. The van der Waals surface area contributed by atoms with Crippen LogP contribution in [0.15, 0.2) is 0 Å². The SMILES string of the molecule is CCCCCCCCCCCCCCCCCCCCC(=O)NC(CCC(=O)NNC(C=O)CCCCN)C(=O)O. The standard InChI is InChI=1S/C32H62N4O5/c1-2-3-4-5-6-7-8-9-10-11-12-13-14-15-16-17-18-19-23-30(38)34-29(32(40)41)24-25-31(39)36-35-28(27-37)22-20-21-26-33/h27-29,35H,2-26,33H2,1H3,(H,34,38)(H,36,39)(H,40,41). The Morgan fingerprint density at radius 3 is 1.59 bits per heavy atom. The van der Waals surface area contributed by atoms with Crippen LogP contribution in [0.25, 0.3) is 0 Å². The summed E-state index contributed by atoms with van der Waals surface area (Å²) in [7, 11) is 0. The molecule has 2 atom stereocenters. The summed E-state index contributed by atoms with van der Waals surface area (Å²) < 4.78 is 0. The van der Waals surface area contributed by atoms with Crippen LogP contribution in [0.2, 0.25) is 0 Å². The van der Waals surface area contributed by atoms with E-state index in [1.165, 1.54) is 96.3 Å². The van der Waals surface area contributed by atoms with E-state index in [4.69, 9.17) is 5.73 Å². The van der Waals surface area contributed by atoms with Crippen molar-refractivity contribution in [3.05, 3.63) is 0 Å². The van der Waals surface area contributed by atoms with E-state index in [0.29, 0.717) is 19.4 Å². The Hall–Kier alpha value is -2.00. The third kappa shape index (κ3) is 26.6. The predicted molar refractivity (Wildman–Crippen MR) is 166 cm³/mol. The second-order valence-corrected chi connectivity index (χ2v) is 11.5. The zero-order valence-corrected chi connectivity index (χ0v) is 26.1. The van der Waals surface area contributed by atoms with E-state index in [0.717, 1.165) is 38.4 Å². The number of aliphatic carboxylic acids is 1. The van der Waals surface area contributed by atoms with Crippen molar-refractivity contribution in [2.75, 3.05) is 6.54 Å². The van der Waals surface area contributed by atoms with E-state index < -0.39 is 24.0 Å². The molecule has 0 aromatic rings. The highest BCUT2D eigenvalue weighted by atomic mass is 16.4. The zero-order chi connectivity index (χ0) is 30.4. The van der Waals surface area contributed by atoms with Crippen LogP contribution < -0.4 is 21.9 Å². The number of hydrogen-bond donors (Lipinski definition) is 5. The van der Waals surface area contributed by atoms with Gasteiger partial charge >= 0.3 is 5.97 Å². The van der Waals surface area contributed by atoms with Gasteiger partial charge in [0.25, 0.3) is 0 Å². The number of hydrazine groups is 1. The monoisotopic (exact) mass is 582 g/mol. The van der Waals surface area contributed by atoms with Crippen molar-refractivity contribution in [1.29, 1.82) is 0 Å². The Morgan fingerprint density at radius 1 is 0.659 bits per heavy atom. The third-order valence-electron chi connectivity index (χ3n) is 7.58. The van der Waals surface area contributed by atoms with E-state index in [2.05, 4.69) is 23.1 Å². The minimum Gasteiger partial charge on any atom is -0.480 e. The molecule has 9 nitrogen and oxygen atoms in total. The summed E-state index contributed by atoms with van der Waals surface area (Å²) in [6, 6.07) is -1.63. The molecule has 0 aromatic heterocycles. The Balaban J connectivity index is 3.72. The largest absolute Gasteiger partial charge is 0.480 e. The van der Waals surface area contributed by atoms with Gasteiger partial charge in [-0.3, -0.25) is 15.0 Å². The van der Waals surface area contributed by atoms with Crippen LogP contribution in [0, 0.1) is 0 Å². The lowest BCUT2D eigenvalue weighted by Crippen LogP contribution is -2.46. The van der Waals surface area contributed by atoms with Crippen molar-refractivity contribution >= 4 is 24.1 Å². The first-order valence-electron chi connectivity index (χ1n) is 16.7. The second kappa shape index (κ2) is 29.5. The lowest BCUT2D eigenvalue weighted by Gasteiger charge is -2.16. The molecule has 0 bridgehead atoms. The third-order valence-corrected chi connectivity index (χ3v) is 7.58. The molecule has 0 saturated heterocycles. The first kappa shape index (κ1) is 39.0. The summed E-state index contributed by atoms with van der Waals surface area (Å²) in [5.41, 5.74) is 10.5. The molecule has 0 rings (SSSR count). The lowest BCUT2D eigenvalue weighted by atomic mass is 10.0. The molecule has 0 fully saturated rings. The van der Waals surface area contributed by atoms with Crippen LogP contribution in [0.5, 0.6) is 0 Å². The number of carboxylic acid groups (broad SMARTS) is 1. The van der Waals surface area contributed by atoms with Gasteiger partial charge in [0.2, 0.25) is 11.8 Å². The smallest absolute Gasteiger partial charge is 0.326 e. The number of carbonyl (C=O) groups is 4. The molecule has 0 heterocycles. The highest BCUT2D eigenvalue weighted by Crippen LogP contribution is 2.14. The molecule has 0 spiro atoms. The van der Waals surface area contributed by atoms with Crippen molar-refractivity contribution in [3.63, 3.8) is 0 Å². The molecule has 0 saturated carbocycles. The summed E-state index contributed by atoms with van der Waals surface area (Å²) in [5.74, 6) is -1.89. The summed E-state index contributed by atoms with van der Waals surface area (Å²) >= 11 is 0. The molecular formula is C32H62N4O5. The van der Waals surface area contributed by atoms with Crippen LogP contribution in [-0.2, 0) is 19.2 Å². The maximum absolute atomic E-state index is 12.2. The van der Waals surface area contributed by atoms with Gasteiger partial charge in [0.1, 0.15) is 12.3 Å². The van der Waals surface area contributed by atoms with Gasteiger partial charge < -0.3 is 21.0 Å². The van der Waals surface area contributed by atoms with Gasteiger partial charge in [-0.05, 0) is 32.2 Å². The molecule has 0 radical (unpaired) electrons. The van der Waals surface area contributed by atoms with Crippen LogP contribution in [0.3, 0.4) is 0 Å². The number of nitrogens with one attached hydrogen (secondary N) is 3. The zero-order valence-electron chi connectivity index (χ0n) is 26.1. The average Bonchev–Trinajstić information content (AvgIpc) is 2.96. The van der Waals surface area contributed by atoms with Gasteiger partial charge in [0.15, 0.2) is 0 Å². The van der Waals surface area contributed by atoms with Crippen molar-refractivity contribution < 1.29 is 24.3 Å². The van der Waals surface area contributed by atoms with E-state index in [-0.39, 0.29) is 18.7 Å². The van der Waals surface area contributed by atoms with E-state index in [1.54, 1.807) is 0 Å². The van der Waals surface area contributed by atoms with Crippen molar-refractivity contribution in [3.8, 4) is 0 Å². The quantitative estimate of drug-likeness (QED) is 0.0377. The first-order chi connectivity index (χ1) is 19.9. The number of hydrogen-bond acceptors (Lipinski definition) is 6. The minimum absolute atomic E-state index is 0.0212. The topological polar surface area (TPSA) is 151 Å². The Bertz CT molecular complexity index is 662. The molecule has 2 amide bonds. The molecule has 0 aliphatic carbocycles. The summed E-state index contributed by atoms with van der Waals surface area (Å²) in [6.07, 6.45) is 26.0. The molecule has 6 N–H and O–H groups in total. The predicted octanol–water partition coefficient (Wildman–Crippen LogP) is 6.09. The van der Waals surface area contributed by atoms with Crippen LogP contribution in [0.4, 0.5) is 0 Å². The number of rotatable bonds is 31. The Labute approximate surface area is 249 Å². The van der Waals surface area contributed by atoms with Crippen LogP contribution in [0.1, 0.15) is 161 Å². The average molecular weight is 583 g/mol. The number of carboxylic acids is 1. The summed E-state index contributed by atoms with van der Waals surface area (Å²) in [4.78, 5) is 46.9. The van der Waals surface area contributed by atoms with Gasteiger partial charge in [-0.15, -0.1) is 0 Å². The Kier molecular flexibility index (Phi) is 28.1. The summed E-state index contributed by atoms with van der Waals surface area (Å²) in [6.45, 7) is 2.81. The molecule has 0 aliphatic rings. The fraction of sp³-hybridized carbons (Fsp3) is 0.875. The lowest BCUT2D eigenvalue weighted by molar-refractivity contribution is -0.142. The van der Waals surface area contributed by atoms with Gasteiger partial charge in [0.05, 0.1) is 6.04 Å². The number of unbranched alkanes of at least 4 members (excludes halogenated alkanes) is 18. The first-order valence-corrected chi connectivity index (χ1v) is 16.7. The van der Waals surface area contributed by atoms with Gasteiger partial charge in [-0.1, -0.05) is 122 Å². The Morgan fingerprint density at radius 2 is 1.15 bits per heavy atom. The normalized spacial score (nSPS) is 12.5. The highest BCUT2D eigenvalue weighted by Gasteiger charge is 2.21. The van der Waals surface area contributed by atoms with Crippen molar-refractivity contribution in [2.45, 2.75) is 173 Å². The maximum atomic E-state index is 12.2. The molecule has 0 aromatic carbocycles. The molecule has 2 unspecified atom stereocenters. The summed E-state index contributed by atoms with van der Waals surface area (Å²) in [5, 5.41) is 12.0. The molecular weight excluding hydrogens is 520 g/mol. The van der Waals surface area contributed by atoms with Crippen molar-refractivity contribution in [2.24, 2.45) is 5.73 Å². The number of aldehydes is 1. The highest BCUT2D eigenvalue weighted by molar-refractivity contribution is 5.84. The fourth-order valence-electron chi connectivity index (χ4n) is 4.91. The second-order valence-electron chi connectivity index (χ2n) is 11.5. The molecule has 0 aliphatic heterocycles. The van der Waals surface area contributed by atoms with Gasteiger partial charge in [-0.25, -0.2) is 10.2 Å². The molecule has 41 heavy (non-hydrogen) atoms. The van der Waals surface area contributed by atoms with Crippen molar-refractivity contribution in [1.82, 2.24) is 16.2 Å². The van der Waals surface area contributed by atoms with E-state index in [9.17, 15) is 24.3 Å². The number of carbonyl (C=O) groups excluding carboxylic acids is 3. The van der Waals surface area contributed by atoms with E-state index in [1.807, 2.05) is 0 Å². The van der Waals surface area contributed by atoms with E-state index >= 15 is 0 Å². The number of amides is 2. The van der Waals surface area contributed by atoms with Gasteiger partial charge in [0, 0.05) is 12.8 Å². The van der Waals surface area contributed by atoms with Crippen LogP contribution in [-0.4, -0.2) is 47.8 Å². The van der Waals surface area contributed by atoms with Crippen LogP contribution >= 0.6 is 0 Å².